The molecule has 0 saturated heterocycles. The largest absolute Gasteiger partial charge is 0.391 e. The fourth-order valence-corrected chi connectivity index (χ4v) is 3.64. The van der Waals surface area contributed by atoms with Crippen LogP contribution < -0.4 is 0 Å². The van der Waals surface area contributed by atoms with E-state index in [1.54, 1.807) is 0 Å². The van der Waals surface area contributed by atoms with Gasteiger partial charge in [0.25, 0.3) is 0 Å². The number of rotatable bonds is 5. The maximum absolute atomic E-state index is 12.4. The highest BCUT2D eigenvalue weighted by molar-refractivity contribution is 7.89. The van der Waals surface area contributed by atoms with Crippen molar-refractivity contribution in [3.05, 3.63) is 28.8 Å². The second kappa shape index (κ2) is 5.70. The highest BCUT2D eigenvalue weighted by Crippen LogP contribution is 2.33. The highest BCUT2D eigenvalue weighted by atomic mass is 35.5. The van der Waals surface area contributed by atoms with Crippen LogP contribution in [-0.2, 0) is 10.0 Å². The zero-order chi connectivity index (χ0) is 14.9. The van der Waals surface area contributed by atoms with Crippen LogP contribution in [0.5, 0.6) is 0 Å². The first-order valence-electron chi connectivity index (χ1n) is 6.20. The van der Waals surface area contributed by atoms with E-state index in [9.17, 15) is 13.5 Å². The van der Waals surface area contributed by atoms with Gasteiger partial charge in [-0.1, -0.05) is 11.6 Å². The third-order valence-corrected chi connectivity index (χ3v) is 5.67. The Morgan fingerprint density at radius 2 is 2.20 bits per heavy atom. The van der Waals surface area contributed by atoms with E-state index in [2.05, 4.69) is 0 Å². The molecule has 0 spiro atoms. The number of likely N-dealkylation sites (N-methyl/N-ethyl adjacent to an activating group) is 1. The van der Waals surface area contributed by atoms with Crippen molar-refractivity contribution in [1.29, 1.82) is 5.26 Å². The molecule has 1 unspecified atom stereocenters. The van der Waals surface area contributed by atoms with Crippen molar-refractivity contribution in [3.63, 3.8) is 0 Å². The maximum Gasteiger partial charge on any atom is 0.244 e. The zero-order valence-electron chi connectivity index (χ0n) is 11.0. The minimum Gasteiger partial charge on any atom is -0.391 e. The first-order chi connectivity index (χ1) is 9.36. The molecule has 0 radical (unpaired) electrons. The quantitative estimate of drug-likeness (QED) is 0.895. The molecule has 0 heterocycles. The van der Waals surface area contributed by atoms with Gasteiger partial charge in [-0.15, -0.1) is 0 Å². The normalized spacial score (nSPS) is 16.9. The van der Waals surface area contributed by atoms with Crippen LogP contribution in [0.1, 0.15) is 18.4 Å². The Hall–Kier alpha value is -1.13. The number of halogens is 1. The third-order valence-electron chi connectivity index (χ3n) is 3.36. The Balaban J connectivity index is 2.23. The van der Waals surface area contributed by atoms with Crippen LogP contribution in [0.2, 0.25) is 5.02 Å². The topological polar surface area (TPSA) is 81.4 Å². The number of sulfonamides is 1. The minimum absolute atomic E-state index is 0.0109. The van der Waals surface area contributed by atoms with Crippen molar-refractivity contribution in [2.24, 2.45) is 5.92 Å². The van der Waals surface area contributed by atoms with Crippen molar-refractivity contribution in [3.8, 4) is 6.07 Å². The van der Waals surface area contributed by atoms with Gasteiger partial charge >= 0.3 is 0 Å². The van der Waals surface area contributed by atoms with Crippen LogP contribution in [0, 0.1) is 17.2 Å². The van der Waals surface area contributed by atoms with Crippen LogP contribution in [-0.4, -0.2) is 37.5 Å². The molecule has 108 valence electrons. The second-order valence-electron chi connectivity index (χ2n) is 4.95. The molecule has 2 rings (SSSR count). The zero-order valence-corrected chi connectivity index (χ0v) is 12.5. The first-order valence-corrected chi connectivity index (χ1v) is 8.02. The summed E-state index contributed by atoms with van der Waals surface area (Å²) in [6.07, 6.45) is 1.23. The van der Waals surface area contributed by atoms with E-state index in [0.29, 0.717) is 5.56 Å². The lowest BCUT2D eigenvalue weighted by atomic mass is 10.2. The molecule has 20 heavy (non-hydrogen) atoms. The standard InChI is InChI=1S/C13H15ClN2O3S/c1-16(8-12(17)10-3-4-10)20(18,19)13-5-2-9(7-15)6-11(13)14/h2,5-6,10,12,17H,3-4,8H2,1H3. The summed E-state index contributed by atoms with van der Waals surface area (Å²) in [6.45, 7) is 0.0450. The Kier molecular flexibility index (Phi) is 4.35. The molecule has 1 saturated carbocycles. The van der Waals surface area contributed by atoms with Crippen molar-refractivity contribution in [1.82, 2.24) is 4.31 Å². The molecule has 1 aliphatic rings. The van der Waals surface area contributed by atoms with Gasteiger partial charge in [-0.25, -0.2) is 8.42 Å². The van der Waals surface area contributed by atoms with E-state index in [0.717, 1.165) is 17.1 Å². The van der Waals surface area contributed by atoms with Gasteiger partial charge in [-0.2, -0.15) is 9.57 Å². The fourth-order valence-electron chi connectivity index (χ4n) is 1.94. The SMILES string of the molecule is CN(CC(O)C1CC1)S(=O)(=O)c1ccc(C#N)cc1Cl. The average molecular weight is 315 g/mol. The summed E-state index contributed by atoms with van der Waals surface area (Å²) in [5.74, 6) is 0.198. The van der Waals surface area contributed by atoms with Gasteiger partial charge in [-0.3, -0.25) is 0 Å². The van der Waals surface area contributed by atoms with Crippen molar-refractivity contribution in [2.45, 2.75) is 23.8 Å². The lowest BCUT2D eigenvalue weighted by molar-refractivity contribution is 0.131. The van der Waals surface area contributed by atoms with E-state index in [1.807, 2.05) is 6.07 Å². The lowest BCUT2D eigenvalue weighted by Crippen LogP contribution is -2.35. The molecule has 1 aromatic rings. The number of hydrogen-bond donors (Lipinski definition) is 1. The number of nitriles is 1. The number of benzene rings is 1. The predicted octanol–water partition coefficient (Wildman–Crippen LogP) is 1.60. The Morgan fingerprint density at radius 1 is 1.55 bits per heavy atom. The van der Waals surface area contributed by atoms with Crippen LogP contribution in [0.4, 0.5) is 0 Å². The van der Waals surface area contributed by atoms with Crippen LogP contribution in [0.3, 0.4) is 0 Å². The van der Waals surface area contributed by atoms with Gasteiger partial charge in [-0.05, 0) is 37.0 Å². The predicted molar refractivity (Wildman–Crippen MR) is 74.7 cm³/mol. The molecule has 1 fully saturated rings. The number of nitrogens with zero attached hydrogens (tertiary/aromatic N) is 2. The Bertz CT molecular complexity index is 650. The highest BCUT2D eigenvalue weighted by Gasteiger charge is 2.33. The molecule has 0 aromatic heterocycles. The molecule has 1 aliphatic carbocycles. The summed E-state index contributed by atoms with van der Waals surface area (Å²) in [5, 5.41) is 18.6. The molecule has 0 bridgehead atoms. The summed E-state index contributed by atoms with van der Waals surface area (Å²) in [4.78, 5) is -0.0522. The second-order valence-corrected chi connectivity index (χ2v) is 7.37. The molecule has 1 aromatic carbocycles. The number of aliphatic hydroxyl groups excluding tert-OH is 1. The van der Waals surface area contributed by atoms with E-state index < -0.39 is 16.1 Å². The summed E-state index contributed by atoms with van der Waals surface area (Å²) >= 11 is 5.93. The lowest BCUT2D eigenvalue weighted by Gasteiger charge is -2.21. The first kappa shape index (κ1) is 15.3. The van der Waals surface area contributed by atoms with Crippen molar-refractivity contribution >= 4 is 21.6 Å². The molecule has 0 aliphatic heterocycles. The number of hydrogen-bond acceptors (Lipinski definition) is 4. The summed E-state index contributed by atoms with van der Waals surface area (Å²) in [7, 11) is -2.35. The summed E-state index contributed by atoms with van der Waals surface area (Å²) < 4.78 is 25.9. The summed E-state index contributed by atoms with van der Waals surface area (Å²) in [6, 6.07) is 5.94. The third kappa shape index (κ3) is 3.13. The molecule has 1 atom stereocenters. The molecule has 5 nitrogen and oxygen atoms in total. The van der Waals surface area contributed by atoms with Crippen LogP contribution in [0.15, 0.2) is 23.1 Å². The van der Waals surface area contributed by atoms with E-state index >= 15 is 0 Å². The van der Waals surface area contributed by atoms with Crippen molar-refractivity contribution in [2.75, 3.05) is 13.6 Å². The van der Waals surface area contributed by atoms with E-state index in [-0.39, 0.29) is 22.4 Å². The maximum atomic E-state index is 12.4. The Labute approximate surface area is 123 Å². The molecule has 0 amide bonds. The smallest absolute Gasteiger partial charge is 0.244 e. The minimum atomic E-state index is -3.76. The molecule has 7 heteroatoms. The van der Waals surface area contributed by atoms with Gasteiger partial charge in [0, 0.05) is 13.6 Å². The molecule has 1 N–H and O–H groups in total. The van der Waals surface area contributed by atoms with Gasteiger partial charge in [0.1, 0.15) is 4.90 Å². The monoisotopic (exact) mass is 314 g/mol. The van der Waals surface area contributed by atoms with Crippen LogP contribution >= 0.6 is 11.6 Å². The molecular formula is C13H15ClN2O3S. The van der Waals surface area contributed by atoms with Crippen molar-refractivity contribution < 1.29 is 13.5 Å². The van der Waals surface area contributed by atoms with Gasteiger partial charge in [0.2, 0.25) is 10.0 Å². The van der Waals surface area contributed by atoms with E-state index in [4.69, 9.17) is 16.9 Å². The van der Waals surface area contributed by atoms with Gasteiger partial charge < -0.3 is 5.11 Å². The average Bonchev–Trinajstić information content (AvgIpc) is 3.22. The fraction of sp³-hybridized carbons (Fsp3) is 0.462. The van der Waals surface area contributed by atoms with Crippen LogP contribution in [0.25, 0.3) is 0 Å². The van der Waals surface area contributed by atoms with Gasteiger partial charge in [0.15, 0.2) is 0 Å². The number of aliphatic hydroxyl groups is 1. The van der Waals surface area contributed by atoms with Gasteiger partial charge in [0.05, 0.1) is 22.8 Å². The summed E-state index contributed by atoms with van der Waals surface area (Å²) in [5.41, 5.74) is 0.301. The van der Waals surface area contributed by atoms with E-state index in [1.165, 1.54) is 25.2 Å². The molecular weight excluding hydrogens is 300 g/mol. The Morgan fingerprint density at radius 3 is 2.70 bits per heavy atom.